The number of aliphatic hydroxyl groups is 2. The zero-order valence-corrected chi connectivity index (χ0v) is 33.6. The molecule has 0 aliphatic rings. The van der Waals surface area contributed by atoms with Crippen LogP contribution in [-0.4, -0.2) is 47.4 Å². The first-order valence-electron chi connectivity index (χ1n) is 21.8. The third kappa shape index (κ3) is 37.6. The molecule has 0 spiro atoms. The Hall–Kier alpha value is -1.92. The van der Waals surface area contributed by atoms with Crippen molar-refractivity contribution in [1.29, 1.82) is 0 Å². The summed E-state index contributed by atoms with van der Waals surface area (Å²) >= 11 is 0. The van der Waals surface area contributed by atoms with Gasteiger partial charge < -0.3 is 20.3 Å². The summed E-state index contributed by atoms with van der Waals surface area (Å²) in [6, 6.07) is -0.652. The molecule has 3 N–H and O–H groups in total. The van der Waals surface area contributed by atoms with Gasteiger partial charge in [-0.3, -0.25) is 9.59 Å². The van der Waals surface area contributed by atoms with Gasteiger partial charge in [-0.2, -0.15) is 0 Å². The minimum Gasteiger partial charge on any atom is -0.466 e. The van der Waals surface area contributed by atoms with Crippen molar-refractivity contribution < 1.29 is 24.5 Å². The highest BCUT2D eigenvalue weighted by Gasteiger charge is 2.17. The van der Waals surface area contributed by atoms with Gasteiger partial charge in [0.2, 0.25) is 5.91 Å². The summed E-state index contributed by atoms with van der Waals surface area (Å²) in [7, 11) is 0. The Morgan fingerprint density at radius 1 is 0.529 bits per heavy atom. The van der Waals surface area contributed by atoms with Crippen LogP contribution in [0, 0.1) is 0 Å². The zero-order valence-electron chi connectivity index (χ0n) is 33.6. The lowest BCUT2D eigenvalue weighted by atomic mass is 10.0. The highest BCUT2D eigenvalue weighted by atomic mass is 16.5. The van der Waals surface area contributed by atoms with Gasteiger partial charge in [0.15, 0.2) is 0 Å². The molecule has 6 nitrogen and oxygen atoms in total. The fraction of sp³-hybridized carbons (Fsp3) is 0.822. The average molecular weight is 718 g/mol. The SMILES string of the molecule is CCCC/C=C\CCCCCCCC(=O)OCCCC/C=C\CCCCCCC(=O)NC(CO)C(O)/C=C/CCCCCCCCCCCCC. The summed E-state index contributed by atoms with van der Waals surface area (Å²) in [6.45, 7) is 4.74. The lowest BCUT2D eigenvalue weighted by Crippen LogP contribution is -2.45. The molecule has 51 heavy (non-hydrogen) atoms. The van der Waals surface area contributed by atoms with Crippen LogP contribution in [0.4, 0.5) is 0 Å². The minimum absolute atomic E-state index is 0.0509. The quantitative estimate of drug-likeness (QED) is 0.0334. The first-order valence-corrected chi connectivity index (χ1v) is 21.8. The molecule has 0 radical (unpaired) electrons. The van der Waals surface area contributed by atoms with Crippen molar-refractivity contribution in [3.8, 4) is 0 Å². The van der Waals surface area contributed by atoms with E-state index in [2.05, 4.69) is 43.5 Å². The van der Waals surface area contributed by atoms with Crippen molar-refractivity contribution in [3.05, 3.63) is 36.5 Å². The highest BCUT2D eigenvalue weighted by Crippen LogP contribution is 2.13. The summed E-state index contributed by atoms with van der Waals surface area (Å²) < 4.78 is 5.39. The van der Waals surface area contributed by atoms with E-state index >= 15 is 0 Å². The van der Waals surface area contributed by atoms with Gasteiger partial charge in [0.05, 0.1) is 25.4 Å². The Kier molecular flexibility index (Phi) is 39.3. The van der Waals surface area contributed by atoms with Crippen LogP contribution in [0.15, 0.2) is 36.5 Å². The normalized spacial score (nSPS) is 13.1. The maximum absolute atomic E-state index is 12.4. The van der Waals surface area contributed by atoms with Crippen LogP contribution in [-0.2, 0) is 14.3 Å². The van der Waals surface area contributed by atoms with Gasteiger partial charge in [-0.25, -0.2) is 0 Å². The molecule has 0 fully saturated rings. The van der Waals surface area contributed by atoms with Gasteiger partial charge in [-0.1, -0.05) is 159 Å². The monoisotopic (exact) mass is 718 g/mol. The van der Waals surface area contributed by atoms with Gasteiger partial charge in [0.25, 0.3) is 0 Å². The molecule has 0 aliphatic heterocycles. The third-order valence-electron chi connectivity index (χ3n) is 9.63. The van der Waals surface area contributed by atoms with Crippen molar-refractivity contribution in [1.82, 2.24) is 5.32 Å². The molecular formula is C45H83NO5. The van der Waals surface area contributed by atoms with Crippen molar-refractivity contribution in [2.45, 2.75) is 225 Å². The molecule has 0 rings (SSSR count). The van der Waals surface area contributed by atoms with Gasteiger partial charge in [-0.15, -0.1) is 0 Å². The van der Waals surface area contributed by atoms with Crippen LogP contribution in [0.1, 0.15) is 213 Å². The number of rotatable bonds is 39. The van der Waals surface area contributed by atoms with Crippen LogP contribution >= 0.6 is 0 Å². The second-order valence-corrected chi connectivity index (χ2v) is 14.7. The molecule has 0 saturated carbocycles. The predicted molar refractivity (Wildman–Crippen MR) is 218 cm³/mol. The zero-order chi connectivity index (χ0) is 37.3. The van der Waals surface area contributed by atoms with Crippen molar-refractivity contribution >= 4 is 11.9 Å². The lowest BCUT2D eigenvalue weighted by Gasteiger charge is -2.20. The van der Waals surface area contributed by atoms with Gasteiger partial charge >= 0.3 is 5.97 Å². The molecule has 2 unspecified atom stereocenters. The molecule has 0 heterocycles. The molecule has 0 aromatic rings. The Balaban J connectivity index is 3.61. The number of carbonyl (C=O) groups excluding carboxylic acids is 2. The van der Waals surface area contributed by atoms with Crippen molar-refractivity contribution in [2.24, 2.45) is 0 Å². The molecule has 6 heteroatoms. The van der Waals surface area contributed by atoms with E-state index in [4.69, 9.17) is 4.74 Å². The molecule has 298 valence electrons. The molecular weight excluding hydrogens is 634 g/mol. The summed E-state index contributed by atoms with van der Waals surface area (Å²) in [4.78, 5) is 24.3. The predicted octanol–water partition coefficient (Wildman–Crippen LogP) is 12.2. The average Bonchev–Trinajstić information content (AvgIpc) is 3.13. The Bertz CT molecular complexity index is 838. The standard InChI is InChI=1S/C45H83NO5/c1-3-5-7-9-11-13-15-16-18-21-25-29-33-37-43(48)42(41-47)46-44(49)38-34-30-26-22-19-20-24-28-32-36-40-51-45(50)39-35-31-27-23-17-14-12-10-8-6-4-2/h10,12,20,24,33,37,42-43,47-48H,3-9,11,13-19,21-23,25-32,34-36,38-41H2,1-2H3,(H,46,49)/b12-10-,24-20-,37-33+. The van der Waals surface area contributed by atoms with Crippen molar-refractivity contribution in [2.75, 3.05) is 13.2 Å². The van der Waals surface area contributed by atoms with Crippen LogP contribution in [0.25, 0.3) is 0 Å². The first kappa shape index (κ1) is 49.1. The number of hydrogen-bond acceptors (Lipinski definition) is 5. The minimum atomic E-state index is -0.865. The van der Waals surface area contributed by atoms with E-state index in [1.807, 2.05) is 6.08 Å². The van der Waals surface area contributed by atoms with E-state index < -0.39 is 12.1 Å². The van der Waals surface area contributed by atoms with Crippen LogP contribution in [0.3, 0.4) is 0 Å². The fourth-order valence-corrected chi connectivity index (χ4v) is 6.19. The molecule has 0 aromatic carbocycles. The molecule has 0 aromatic heterocycles. The van der Waals surface area contributed by atoms with Crippen LogP contribution < -0.4 is 5.32 Å². The maximum atomic E-state index is 12.4. The van der Waals surface area contributed by atoms with Gasteiger partial charge in [0.1, 0.15) is 0 Å². The van der Waals surface area contributed by atoms with Gasteiger partial charge in [0, 0.05) is 12.8 Å². The van der Waals surface area contributed by atoms with E-state index in [9.17, 15) is 19.8 Å². The van der Waals surface area contributed by atoms with Crippen LogP contribution in [0.5, 0.6) is 0 Å². The second-order valence-electron chi connectivity index (χ2n) is 14.7. The first-order chi connectivity index (χ1) is 25.0. The molecule has 2 atom stereocenters. The maximum Gasteiger partial charge on any atom is 0.305 e. The number of allylic oxidation sites excluding steroid dienone is 5. The number of unbranched alkanes of at least 4 members (excludes halogenated alkanes) is 24. The summed E-state index contributed by atoms with van der Waals surface area (Å²) in [5, 5.41) is 22.9. The molecule has 1 amide bonds. The summed E-state index contributed by atoms with van der Waals surface area (Å²) in [6.07, 6.45) is 47.0. The summed E-state index contributed by atoms with van der Waals surface area (Å²) in [5.74, 6) is -0.158. The van der Waals surface area contributed by atoms with E-state index in [-0.39, 0.29) is 18.5 Å². The summed E-state index contributed by atoms with van der Waals surface area (Å²) in [5.41, 5.74) is 0. The van der Waals surface area contributed by atoms with E-state index in [0.29, 0.717) is 19.4 Å². The van der Waals surface area contributed by atoms with Crippen LogP contribution in [0.2, 0.25) is 0 Å². The van der Waals surface area contributed by atoms with E-state index in [1.54, 1.807) is 6.08 Å². The highest BCUT2D eigenvalue weighted by molar-refractivity contribution is 5.76. The van der Waals surface area contributed by atoms with Gasteiger partial charge in [-0.05, 0) is 77.0 Å². The number of aliphatic hydroxyl groups excluding tert-OH is 2. The topological polar surface area (TPSA) is 95.9 Å². The molecule has 0 aliphatic carbocycles. The lowest BCUT2D eigenvalue weighted by molar-refractivity contribution is -0.143. The molecule has 0 saturated heterocycles. The van der Waals surface area contributed by atoms with Crippen molar-refractivity contribution in [3.63, 3.8) is 0 Å². The number of hydrogen-bond donors (Lipinski definition) is 3. The number of esters is 1. The number of ether oxygens (including phenoxy) is 1. The van der Waals surface area contributed by atoms with E-state index in [0.717, 1.165) is 77.0 Å². The third-order valence-corrected chi connectivity index (χ3v) is 9.63. The fourth-order valence-electron chi connectivity index (χ4n) is 6.19. The smallest absolute Gasteiger partial charge is 0.305 e. The Morgan fingerprint density at radius 2 is 0.941 bits per heavy atom. The Morgan fingerprint density at radius 3 is 1.45 bits per heavy atom. The Labute approximate surface area is 315 Å². The number of amides is 1. The van der Waals surface area contributed by atoms with E-state index in [1.165, 1.54) is 109 Å². The number of nitrogens with one attached hydrogen (secondary N) is 1. The largest absolute Gasteiger partial charge is 0.466 e. The number of carbonyl (C=O) groups is 2. The molecule has 0 bridgehead atoms. The second kappa shape index (κ2) is 40.8.